The van der Waals surface area contributed by atoms with E-state index in [0.29, 0.717) is 17.4 Å². The minimum Gasteiger partial charge on any atom is -0.497 e. The second-order valence-corrected chi connectivity index (χ2v) is 7.41. The molecule has 0 N–H and O–H groups in total. The van der Waals surface area contributed by atoms with Crippen LogP contribution in [-0.2, 0) is 19.8 Å². The fraction of sp³-hybridized carbons (Fsp3) is 0.421. The number of hydrogen-bond acceptors (Lipinski definition) is 5. The van der Waals surface area contributed by atoms with Crippen molar-refractivity contribution in [1.82, 2.24) is 24.7 Å². The van der Waals surface area contributed by atoms with E-state index in [-0.39, 0.29) is 0 Å². The minimum absolute atomic E-state index is 0.487. The highest BCUT2D eigenvalue weighted by Gasteiger charge is 2.08. The molecule has 2 aromatic carbocycles. The zero-order valence-corrected chi connectivity index (χ0v) is 16.5. The molecular formula is C19H25N5OS. The Morgan fingerprint density at radius 1 is 1.08 bits per heavy atom. The molecule has 0 aliphatic carbocycles. The second-order valence-electron chi connectivity index (χ2n) is 7.04. The molecule has 3 rings (SSSR count). The van der Waals surface area contributed by atoms with E-state index in [0.717, 1.165) is 18.8 Å². The number of hydrogen-bond donors (Lipinski definition) is 0. The van der Waals surface area contributed by atoms with Crippen LogP contribution in [0.15, 0.2) is 36.4 Å². The van der Waals surface area contributed by atoms with E-state index in [4.69, 9.17) is 17.0 Å². The smallest absolute Gasteiger partial charge is 0.217 e. The van der Waals surface area contributed by atoms with E-state index in [1.54, 1.807) is 16.5 Å². The maximum atomic E-state index is 5.48. The summed E-state index contributed by atoms with van der Waals surface area (Å²) < 4.78 is 9.50. The predicted molar refractivity (Wildman–Crippen MR) is 106 cm³/mol. The average Bonchev–Trinajstić information content (AvgIpc) is 2.94. The molecule has 138 valence electrons. The zero-order valence-electron chi connectivity index (χ0n) is 15.7. The van der Waals surface area contributed by atoms with Gasteiger partial charge in [-0.05, 0) is 70.1 Å². The SMILES string of the molecule is COc1ccc2cc(CN(C)Cn3nnn(CC(C)C)c3=S)ccc2c1. The lowest BCUT2D eigenvalue weighted by Gasteiger charge is -2.16. The maximum Gasteiger partial charge on any atom is 0.217 e. The quantitative estimate of drug-likeness (QED) is 0.593. The van der Waals surface area contributed by atoms with Gasteiger partial charge in [0.25, 0.3) is 0 Å². The number of fused-ring (bicyclic) bond motifs is 1. The first kappa shape index (κ1) is 18.5. The van der Waals surface area contributed by atoms with Gasteiger partial charge in [0.1, 0.15) is 5.75 Å². The molecule has 0 aliphatic rings. The van der Waals surface area contributed by atoms with E-state index in [1.165, 1.54) is 16.3 Å². The summed E-state index contributed by atoms with van der Waals surface area (Å²) in [5.41, 5.74) is 1.24. The van der Waals surface area contributed by atoms with Crippen LogP contribution in [0, 0.1) is 10.7 Å². The Labute approximate surface area is 159 Å². The predicted octanol–water partition coefficient (Wildman–Crippen LogP) is 3.72. The Kier molecular flexibility index (Phi) is 5.68. The highest BCUT2D eigenvalue weighted by molar-refractivity contribution is 7.71. The van der Waals surface area contributed by atoms with Crippen LogP contribution in [0.2, 0.25) is 0 Å². The average molecular weight is 372 g/mol. The van der Waals surface area contributed by atoms with Crippen molar-refractivity contribution in [3.8, 4) is 5.75 Å². The molecule has 6 nitrogen and oxygen atoms in total. The van der Waals surface area contributed by atoms with Gasteiger partial charge >= 0.3 is 0 Å². The molecule has 0 unspecified atom stereocenters. The Hall–Kier alpha value is -2.25. The van der Waals surface area contributed by atoms with Gasteiger partial charge in [-0.25, -0.2) is 9.36 Å². The van der Waals surface area contributed by atoms with Gasteiger partial charge in [-0.15, -0.1) is 0 Å². The summed E-state index contributed by atoms with van der Waals surface area (Å²) in [7, 11) is 3.74. The largest absolute Gasteiger partial charge is 0.497 e. The van der Waals surface area contributed by atoms with E-state index in [2.05, 4.69) is 66.6 Å². The molecule has 26 heavy (non-hydrogen) atoms. The lowest BCUT2D eigenvalue weighted by molar-refractivity contribution is 0.242. The summed E-state index contributed by atoms with van der Waals surface area (Å²) in [6.07, 6.45) is 0. The number of tetrazole rings is 1. The summed E-state index contributed by atoms with van der Waals surface area (Å²) in [4.78, 5) is 2.18. The van der Waals surface area contributed by atoms with Crippen molar-refractivity contribution < 1.29 is 4.74 Å². The van der Waals surface area contributed by atoms with Crippen LogP contribution >= 0.6 is 12.2 Å². The number of ether oxygens (including phenoxy) is 1. The standard InChI is InChI=1S/C19H25N5OS/c1-14(2)11-23-19(26)24(21-20-23)13-22(3)12-15-5-6-17-10-18(25-4)8-7-16(17)9-15/h5-10,14H,11-13H2,1-4H3. The third-order valence-corrected chi connectivity index (χ3v) is 4.60. The number of rotatable bonds is 7. The summed E-state index contributed by atoms with van der Waals surface area (Å²) in [6, 6.07) is 12.6. The molecule has 1 heterocycles. The molecule has 0 atom stereocenters. The number of benzene rings is 2. The first-order valence-electron chi connectivity index (χ1n) is 8.72. The van der Waals surface area contributed by atoms with Gasteiger partial charge < -0.3 is 4.74 Å². The molecule has 0 aliphatic heterocycles. The fourth-order valence-electron chi connectivity index (χ4n) is 2.94. The van der Waals surface area contributed by atoms with Crippen LogP contribution in [0.4, 0.5) is 0 Å². The van der Waals surface area contributed by atoms with Crippen LogP contribution in [-0.4, -0.2) is 38.8 Å². The fourth-order valence-corrected chi connectivity index (χ4v) is 3.15. The Balaban J connectivity index is 1.70. The zero-order chi connectivity index (χ0) is 18.7. The van der Waals surface area contributed by atoms with Crippen molar-refractivity contribution in [2.75, 3.05) is 14.2 Å². The summed E-state index contributed by atoms with van der Waals surface area (Å²) >= 11 is 5.48. The third kappa shape index (κ3) is 4.28. The number of methoxy groups -OCH3 is 1. The first-order chi connectivity index (χ1) is 12.5. The van der Waals surface area contributed by atoms with Gasteiger partial charge in [0.05, 0.1) is 13.8 Å². The second kappa shape index (κ2) is 7.97. The molecule has 0 bridgehead atoms. The normalized spacial score (nSPS) is 11.6. The van der Waals surface area contributed by atoms with E-state index in [9.17, 15) is 0 Å². The molecule has 0 saturated carbocycles. The van der Waals surface area contributed by atoms with Crippen molar-refractivity contribution in [3.05, 3.63) is 46.7 Å². The summed E-state index contributed by atoms with van der Waals surface area (Å²) in [6.45, 7) is 6.49. The molecule has 0 saturated heterocycles. The molecule has 0 amide bonds. The topological polar surface area (TPSA) is 48.1 Å². The molecule has 7 heteroatoms. The van der Waals surface area contributed by atoms with Crippen LogP contribution in [0.3, 0.4) is 0 Å². The molecule has 0 spiro atoms. The van der Waals surface area contributed by atoms with Crippen LogP contribution in [0.25, 0.3) is 10.8 Å². The Morgan fingerprint density at radius 3 is 2.50 bits per heavy atom. The third-order valence-electron chi connectivity index (χ3n) is 4.18. The highest BCUT2D eigenvalue weighted by atomic mass is 32.1. The van der Waals surface area contributed by atoms with E-state index in [1.807, 2.05) is 6.07 Å². The minimum atomic E-state index is 0.487. The van der Waals surface area contributed by atoms with Crippen molar-refractivity contribution in [2.45, 2.75) is 33.6 Å². The molecular weight excluding hydrogens is 346 g/mol. The van der Waals surface area contributed by atoms with Gasteiger partial charge in [-0.2, -0.15) is 0 Å². The molecule has 1 aromatic heterocycles. The molecule has 3 aromatic rings. The summed E-state index contributed by atoms with van der Waals surface area (Å²) in [5, 5.41) is 10.7. The Bertz CT molecular complexity index is 946. The van der Waals surface area contributed by atoms with Gasteiger partial charge in [0.2, 0.25) is 4.77 Å². The van der Waals surface area contributed by atoms with E-state index < -0.39 is 0 Å². The number of nitrogens with zero attached hydrogens (tertiary/aromatic N) is 5. The lowest BCUT2D eigenvalue weighted by Crippen LogP contribution is -2.22. The van der Waals surface area contributed by atoms with Gasteiger partial charge in [-0.1, -0.05) is 32.0 Å². The maximum absolute atomic E-state index is 5.48. The van der Waals surface area contributed by atoms with Crippen LogP contribution < -0.4 is 4.74 Å². The monoisotopic (exact) mass is 371 g/mol. The van der Waals surface area contributed by atoms with Crippen molar-refractivity contribution in [1.29, 1.82) is 0 Å². The number of aromatic nitrogens is 4. The van der Waals surface area contributed by atoms with Crippen molar-refractivity contribution in [3.63, 3.8) is 0 Å². The lowest BCUT2D eigenvalue weighted by atomic mass is 10.1. The summed E-state index contributed by atoms with van der Waals surface area (Å²) in [5.74, 6) is 1.36. The van der Waals surface area contributed by atoms with Gasteiger partial charge in [0, 0.05) is 13.1 Å². The highest BCUT2D eigenvalue weighted by Crippen LogP contribution is 2.22. The Morgan fingerprint density at radius 2 is 1.77 bits per heavy atom. The molecule has 0 fully saturated rings. The van der Waals surface area contributed by atoms with Crippen molar-refractivity contribution in [2.24, 2.45) is 5.92 Å². The van der Waals surface area contributed by atoms with Gasteiger partial charge in [-0.3, -0.25) is 4.90 Å². The van der Waals surface area contributed by atoms with Crippen molar-refractivity contribution >= 4 is 23.0 Å². The molecule has 0 radical (unpaired) electrons. The van der Waals surface area contributed by atoms with E-state index >= 15 is 0 Å². The first-order valence-corrected chi connectivity index (χ1v) is 9.13. The van der Waals surface area contributed by atoms with Crippen LogP contribution in [0.1, 0.15) is 19.4 Å². The van der Waals surface area contributed by atoms with Crippen LogP contribution in [0.5, 0.6) is 5.75 Å². The van der Waals surface area contributed by atoms with Gasteiger partial charge in [0.15, 0.2) is 0 Å².